The lowest BCUT2D eigenvalue weighted by Gasteiger charge is -2.13. The normalized spacial score (nSPS) is 20.9. The van der Waals surface area contributed by atoms with Crippen LogP contribution < -0.4 is 10.6 Å². The summed E-state index contributed by atoms with van der Waals surface area (Å²) in [6.45, 7) is 4.62. The molecule has 0 radical (unpaired) electrons. The summed E-state index contributed by atoms with van der Waals surface area (Å²) >= 11 is 6.01. The largest absolute Gasteiger partial charge is 0.353 e. The van der Waals surface area contributed by atoms with Gasteiger partial charge in [0.15, 0.2) is 0 Å². The van der Waals surface area contributed by atoms with Gasteiger partial charge in [0.05, 0.1) is 18.3 Å². The van der Waals surface area contributed by atoms with Crippen LogP contribution in [0, 0.1) is 0 Å². The van der Waals surface area contributed by atoms with Crippen LogP contribution in [0.3, 0.4) is 0 Å². The number of nitrogens with zero attached hydrogens (tertiary/aromatic N) is 3. The molecule has 3 rings (SSSR count). The number of carbonyl (C=O) groups is 1. The molecular formula is C16H20ClN5O. The predicted molar refractivity (Wildman–Crippen MR) is 89.2 cm³/mol. The second-order valence-corrected chi connectivity index (χ2v) is 6.54. The third-order valence-electron chi connectivity index (χ3n) is 3.86. The smallest absolute Gasteiger partial charge is 0.237 e. The lowest BCUT2D eigenvalue weighted by Crippen LogP contribution is -2.43. The fraction of sp³-hybridized carbons (Fsp3) is 0.438. The standard InChI is InChI=1S/C16H20ClN5O/c1-10(2)19-16(23)14-7-13(8-18-14)22-9-15(20-21-22)11-4-3-5-12(17)6-11/h3-6,9-10,13-14,18H,7-8H2,1-2H3,(H,19,23)/t13-,14+/m1/s1. The monoisotopic (exact) mass is 333 g/mol. The number of amides is 1. The molecule has 0 aliphatic carbocycles. The molecule has 2 aromatic rings. The Balaban J connectivity index is 1.69. The molecule has 0 unspecified atom stereocenters. The lowest BCUT2D eigenvalue weighted by molar-refractivity contribution is -0.123. The summed E-state index contributed by atoms with van der Waals surface area (Å²) in [7, 11) is 0. The Morgan fingerprint density at radius 1 is 1.48 bits per heavy atom. The van der Waals surface area contributed by atoms with E-state index in [4.69, 9.17) is 11.6 Å². The molecule has 2 atom stereocenters. The second-order valence-electron chi connectivity index (χ2n) is 6.11. The average Bonchev–Trinajstić information content (AvgIpc) is 3.16. The van der Waals surface area contributed by atoms with E-state index in [0.29, 0.717) is 18.0 Å². The molecule has 2 heterocycles. The van der Waals surface area contributed by atoms with Gasteiger partial charge in [0.2, 0.25) is 5.91 Å². The van der Waals surface area contributed by atoms with Gasteiger partial charge >= 0.3 is 0 Å². The third-order valence-corrected chi connectivity index (χ3v) is 4.09. The Kier molecular flexibility index (Phi) is 4.63. The maximum absolute atomic E-state index is 12.1. The van der Waals surface area contributed by atoms with Gasteiger partial charge in [0.1, 0.15) is 5.69 Å². The molecule has 1 aromatic heterocycles. The quantitative estimate of drug-likeness (QED) is 0.898. The van der Waals surface area contributed by atoms with Crippen molar-refractivity contribution in [3.63, 3.8) is 0 Å². The fourth-order valence-electron chi connectivity index (χ4n) is 2.74. The summed E-state index contributed by atoms with van der Waals surface area (Å²) in [6, 6.07) is 7.62. The predicted octanol–water partition coefficient (Wildman–Crippen LogP) is 2.03. The van der Waals surface area contributed by atoms with E-state index < -0.39 is 0 Å². The van der Waals surface area contributed by atoms with Crippen LogP contribution in [0.2, 0.25) is 5.02 Å². The maximum atomic E-state index is 12.1. The molecule has 2 N–H and O–H groups in total. The summed E-state index contributed by atoms with van der Waals surface area (Å²) in [5.41, 5.74) is 1.71. The van der Waals surface area contributed by atoms with Crippen LogP contribution in [0.25, 0.3) is 11.3 Å². The van der Waals surface area contributed by atoms with Crippen molar-refractivity contribution in [1.29, 1.82) is 0 Å². The molecule has 0 saturated carbocycles. The highest BCUT2D eigenvalue weighted by Crippen LogP contribution is 2.24. The molecule has 7 heteroatoms. The summed E-state index contributed by atoms with van der Waals surface area (Å²) < 4.78 is 1.83. The van der Waals surface area contributed by atoms with E-state index in [1.54, 1.807) is 0 Å². The minimum atomic E-state index is -0.179. The first-order valence-corrected chi connectivity index (χ1v) is 8.12. The topological polar surface area (TPSA) is 71.8 Å². The Morgan fingerprint density at radius 2 is 2.30 bits per heavy atom. The van der Waals surface area contributed by atoms with Gasteiger partial charge in [0.25, 0.3) is 0 Å². The van der Waals surface area contributed by atoms with E-state index in [1.165, 1.54) is 0 Å². The van der Waals surface area contributed by atoms with Gasteiger partial charge in [-0.25, -0.2) is 4.68 Å². The third kappa shape index (κ3) is 3.71. The van der Waals surface area contributed by atoms with Crippen LogP contribution in [0.1, 0.15) is 26.3 Å². The minimum absolute atomic E-state index is 0.0395. The number of hydrogen-bond acceptors (Lipinski definition) is 4. The van der Waals surface area contributed by atoms with Crippen LogP contribution in [0.15, 0.2) is 30.5 Å². The van der Waals surface area contributed by atoms with Crippen molar-refractivity contribution in [2.75, 3.05) is 6.54 Å². The summed E-state index contributed by atoms with van der Waals surface area (Å²) in [4.78, 5) is 12.1. The van der Waals surface area contributed by atoms with Crippen molar-refractivity contribution in [2.45, 2.75) is 38.4 Å². The molecule has 122 valence electrons. The van der Waals surface area contributed by atoms with Crippen molar-refractivity contribution in [3.05, 3.63) is 35.5 Å². The highest BCUT2D eigenvalue weighted by molar-refractivity contribution is 6.30. The maximum Gasteiger partial charge on any atom is 0.237 e. The van der Waals surface area contributed by atoms with Gasteiger partial charge in [-0.1, -0.05) is 28.9 Å². The highest BCUT2D eigenvalue weighted by Gasteiger charge is 2.31. The molecule has 0 spiro atoms. The van der Waals surface area contributed by atoms with Crippen LogP contribution in [-0.2, 0) is 4.79 Å². The number of rotatable bonds is 4. The van der Waals surface area contributed by atoms with E-state index in [2.05, 4.69) is 20.9 Å². The first-order chi connectivity index (χ1) is 11.0. The number of nitrogens with one attached hydrogen (secondary N) is 2. The Morgan fingerprint density at radius 3 is 3.04 bits per heavy atom. The number of aromatic nitrogens is 3. The molecule has 1 aromatic carbocycles. The van der Waals surface area contributed by atoms with Gasteiger partial charge < -0.3 is 10.6 Å². The van der Waals surface area contributed by atoms with Gasteiger partial charge in [-0.2, -0.15) is 0 Å². The zero-order valence-electron chi connectivity index (χ0n) is 13.2. The summed E-state index contributed by atoms with van der Waals surface area (Å²) in [5.74, 6) is 0.0395. The fourth-order valence-corrected chi connectivity index (χ4v) is 2.93. The molecule has 0 bridgehead atoms. The van der Waals surface area contributed by atoms with Gasteiger partial charge in [-0.3, -0.25) is 4.79 Å². The van der Waals surface area contributed by atoms with Crippen molar-refractivity contribution >= 4 is 17.5 Å². The Bertz CT molecular complexity index is 699. The van der Waals surface area contributed by atoms with Crippen molar-refractivity contribution in [1.82, 2.24) is 25.6 Å². The second kappa shape index (κ2) is 6.68. The molecule has 1 aliphatic rings. The van der Waals surface area contributed by atoms with Crippen molar-refractivity contribution < 1.29 is 4.79 Å². The number of hydrogen-bond donors (Lipinski definition) is 2. The zero-order valence-corrected chi connectivity index (χ0v) is 13.9. The molecule has 1 aliphatic heterocycles. The summed E-state index contributed by atoms with van der Waals surface area (Å²) in [6.07, 6.45) is 2.61. The Hall–Kier alpha value is -1.92. The zero-order chi connectivity index (χ0) is 16.4. The van der Waals surface area contributed by atoms with Crippen LogP contribution in [0.5, 0.6) is 0 Å². The highest BCUT2D eigenvalue weighted by atomic mass is 35.5. The number of carbonyl (C=O) groups excluding carboxylic acids is 1. The first kappa shape index (κ1) is 16.0. The number of halogens is 1. The van der Waals surface area contributed by atoms with Crippen molar-refractivity contribution in [3.8, 4) is 11.3 Å². The van der Waals surface area contributed by atoms with E-state index in [-0.39, 0.29) is 24.0 Å². The van der Waals surface area contributed by atoms with E-state index >= 15 is 0 Å². The molecule has 1 saturated heterocycles. The first-order valence-electron chi connectivity index (χ1n) is 7.74. The molecule has 1 amide bonds. The Labute approximate surface area is 140 Å². The van der Waals surface area contributed by atoms with Crippen molar-refractivity contribution in [2.24, 2.45) is 0 Å². The lowest BCUT2D eigenvalue weighted by atomic mass is 10.1. The minimum Gasteiger partial charge on any atom is -0.353 e. The van der Waals surface area contributed by atoms with Crippen LogP contribution >= 0.6 is 11.6 Å². The van der Waals surface area contributed by atoms with E-state index in [9.17, 15) is 4.79 Å². The van der Waals surface area contributed by atoms with Gasteiger partial charge in [-0.15, -0.1) is 5.10 Å². The average molecular weight is 334 g/mol. The molecule has 1 fully saturated rings. The van der Waals surface area contributed by atoms with Crippen LogP contribution in [-0.4, -0.2) is 39.5 Å². The SMILES string of the molecule is CC(C)NC(=O)[C@@H]1C[C@@H](n2cc(-c3cccc(Cl)c3)nn2)CN1. The molecule has 6 nitrogen and oxygen atoms in total. The van der Waals surface area contributed by atoms with E-state index in [1.807, 2.05) is 49.0 Å². The molecular weight excluding hydrogens is 314 g/mol. The van der Waals surface area contributed by atoms with Gasteiger partial charge in [-0.05, 0) is 32.4 Å². The van der Waals surface area contributed by atoms with Gasteiger partial charge in [0, 0.05) is 23.2 Å². The number of benzene rings is 1. The molecule has 23 heavy (non-hydrogen) atoms. The summed E-state index contributed by atoms with van der Waals surface area (Å²) in [5, 5.41) is 15.3. The van der Waals surface area contributed by atoms with Crippen LogP contribution in [0.4, 0.5) is 0 Å². The van der Waals surface area contributed by atoms with E-state index in [0.717, 1.165) is 11.3 Å².